The molecule has 1 aromatic heterocycles. The number of aryl methyl sites for hydroxylation is 1. The zero-order valence-corrected chi connectivity index (χ0v) is 16.2. The summed E-state index contributed by atoms with van der Waals surface area (Å²) in [6.07, 6.45) is 2.81. The van der Waals surface area contributed by atoms with Crippen LogP contribution in [0.4, 0.5) is 4.39 Å². The van der Waals surface area contributed by atoms with Crippen LogP contribution in [-0.2, 0) is 10.0 Å². The van der Waals surface area contributed by atoms with E-state index < -0.39 is 10.0 Å². The monoisotopic (exact) mass is 401 g/mol. The Bertz CT molecular complexity index is 1090. The first-order chi connectivity index (χ1) is 13.4. The fourth-order valence-electron chi connectivity index (χ4n) is 3.29. The lowest BCUT2D eigenvalue weighted by Gasteiger charge is -2.26. The van der Waals surface area contributed by atoms with E-state index in [0.29, 0.717) is 24.2 Å². The minimum Gasteiger partial charge on any atom is -0.416 e. The molecule has 8 heteroatoms. The molecule has 0 N–H and O–H groups in total. The van der Waals surface area contributed by atoms with Crippen LogP contribution in [0.1, 0.15) is 24.8 Å². The topological polar surface area (TPSA) is 76.3 Å². The molecule has 2 aromatic carbocycles. The summed E-state index contributed by atoms with van der Waals surface area (Å²) in [4.78, 5) is 0.219. The van der Waals surface area contributed by atoms with Gasteiger partial charge in [0.1, 0.15) is 5.82 Å². The third kappa shape index (κ3) is 3.57. The molecule has 2 heterocycles. The van der Waals surface area contributed by atoms with Crippen LogP contribution in [0.3, 0.4) is 0 Å². The molecule has 28 heavy (non-hydrogen) atoms. The smallest absolute Gasteiger partial charge is 0.248 e. The number of hydrogen-bond acceptors (Lipinski definition) is 5. The number of halogens is 1. The third-order valence-corrected chi connectivity index (χ3v) is 6.80. The Morgan fingerprint density at radius 3 is 2.36 bits per heavy atom. The maximum Gasteiger partial charge on any atom is 0.248 e. The SMILES string of the molecule is Cc1ccc(S(=O)(=O)N2CCCCC2)cc1-c1nnc(-c2ccc(F)cc2)o1. The fraction of sp³-hybridized carbons (Fsp3) is 0.300. The highest BCUT2D eigenvalue weighted by Crippen LogP contribution is 2.30. The van der Waals surface area contributed by atoms with Crippen LogP contribution < -0.4 is 0 Å². The number of aromatic nitrogens is 2. The predicted octanol–water partition coefficient (Wildman–Crippen LogP) is 4.03. The molecule has 0 spiro atoms. The third-order valence-electron chi connectivity index (χ3n) is 4.91. The van der Waals surface area contributed by atoms with E-state index in [9.17, 15) is 12.8 Å². The van der Waals surface area contributed by atoms with Crippen molar-refractivity contribution in [2.75, 3.05) is 13.1 Å². The molecule has 0 saturated carbocycles. The Morgan fingerprint density at radius 2 is 1.64 bits per heavy atom. The summed E-state index contributed by atoms with van der Waals surface area (Å²) in [6.45, 7) is 2.94. The molecule has 6 nitrogen and oxygen atoms in total. The highest BCUT2D eigenvalue weighted by molar-refractivity contribution is 7.89. The number of nitrogens with zero attached hydrogens (tertiary/aromatic N) is 3. The standard InChI is InChI=1S/C20H20FN3O3S/c1-14-5-10-17(28(25,26)24-11-3-2-4-12-24)13-18(14)20-23-22-19(27-20)15-6-8-16(21)9-7-15/h5-10,13H,2-4,11-12H2,1H3. The second-order valence-corrected chi connectivity index (χ2v) is 8.80. The quantitative estimate of drug-likeness (QED) is 0.660. The molecule has 1 saturated heterocycles. The normalized spacial score (nSPS) is 15.6. The van der Waals surface area contributed by atoms with E-state index in [4.69, 9.17) is 4.42 Å². The first-order valence-corrected chi connectivity index (χ1v) is 10.6. The van der Waals surface area contributed by atoms with Crippen molar-refractivity contribution in [1.82, 2.24) is 14.5 Å². The largest absolute Gasteiger partial charge is 0.416 e. The molecule has 0 aliphatic carbocycles. The lowest BCUT2D eigenvalue weighted by molar-refractivity contribution is 0.346. The lowest BCUT2D eigenvalue weighted by Crippen LogP contribution is -2.35. The van der Waals surface area contributed by atoms with E-state index in [2.05, 4.69) is 10.2 Å². The summed E-state index contributed by atoms with van der Waals surface area (Å²) in [5.41, 5.74) is 1.99. The van der Waals surface area contributed by atoms with E-state index in [1.54, 1.807) is 30.3 Å². The summed E-state index contributed by atoms with van der Waals surface area (Å²) < 4.78 is 46.3. The highest BCUT2D eigenvalue weighted by atomic mass is 32.2. The maximum absolute atomic E-state index is 13.1. The van der Waals surface area contributed by atoms with Crippen molar-refractivity contribution >= 4 is 10.0 Å². The van der Waals surface area contributed by atoms with Gasteiger partial charge in [0.2, 0.25) is 21.8 Å². The first kappa shape index (κ1) is 18.8. The van der Waals surface area contributed by atoms with Crippen LogP contribution in [0.25, 0.3) is 22.9 Å². The summed E-state index contributed by atoms with van der Waals surface area (Å²) >= 11 is 0. The van der Waals surface area contributed by atoms with Crippen molar-refractivity contribution in [2.45, 2.75) is 31.1 Å². The van der Waals surface area contributed by atoms with Gasteiger partial charge in [-0.25, -0.2) is 12.8 Å². The molecular formula is C20H20FN3O3S. The van der Waals surface area contributed by atoms with E-state index in [0.717, 1.165) is 24.8 Å². The van der Waals surface area contributed by atoms with E-state index in [-0.39, 0.29) is 22.5 Å². The van der Waals surface area contributed by atoms with Crippen molar-refractivity contribution in [3.8, 4) is 22.9 Å². The molecule has 0 unspecified atom stereocenters. The lowest BCUT2D eigenvalue weighted by atomic mass is 10.1. The van der Waals surface area contributed by atoms with Crippen LogP contribution in [-0.4, -0.2) is 36.0 Å². The predicted molar refractivity (Wildman–Crippen MR) is 102 cm³/mol. The molecule has 0 bridgehead atoms. The number of piperidine rings is 1. The Morgan fingerprint density at radius 1 is 0.964 bits per heavy atom. The van der Waals surface area contributed by atoms with Gasteiger partial charge in [-0.15, -0.1) is 10.2 Å². The van der Waals surface area contributed by atoms with Gasteiger partial charge < -0.3 is 4.42 Å². The summed E-state index contributed by atoms with van der Waals surface area (Å²) in [6, 6.07) is 10.7. The molecule has 0 atom stereocenters. The zero-order valence-electron chi connectivity index (χ0n) is 15.4. The van der Waals surface area contributed by atoms with Crippen LogP contribution >= 0.6 is 0 Å². The Hall–Kier alpha value is -2.58. The van der Waals surface area contributed by atoms with Gasteiger partial charge in [-0.2, -0.15) is 4.31 Å². The van der Waals surface area contributed by atoms with Gasteiger partial charge in [0.15, 0.2) is 0 Å². The molecule has 0 radical (unpaired) electrons. The summed E-state index contributed by atoms with van der Waals surface area (Å²) in [5, 5.41) is 8.08. The van der Waals surface area contributed by atoms with Gasteiger partial charge in [0.25, 0.3) is 0 Å². The molecule has 3 aromatic rings. The maximum atomic E-state index is 13.1. The van der Waals surface area contributed by atoms with Crippen molar-refractivity contribution < 1.29 is 17.2 Å². The molecule has 1 aliphatic heterocycles. The molecule has 1 fully saturated rings. The summed E-state index contributed by atoms with van der Waals surface area (Å²) in [7, 11) is -3.56. The second kappa shape index (κ2) is 7.44. The van der Waals surface area contributed by atoms with Crippen molar-refractivity contribution in [2.24, 2.45) is 0 Å². The minimum atomic E-state index is -3.56. The van der Waals surface area contributed by atoms with E-state index in [1.165, 1.54) is 16.4 Å². The first-order valence-electron chi connectivity index (χ1n) is 9.16. The second-order valence-electron chi connectivity index (χ2n) is 6.86. The average Bonchev–Trinajstić information content (AvgIpc) is 3.19. The Kier molecular flexibility index (Phi) is 4.99. The Balaban J connectivity index is 1.69. The number of benzene rings is 2. The summed E-state index contributed by atoms with van der Waals surface area (Å²) in [5.74, 6) is 0.126. The van der Waals surface area contributed by atoms with Crippen LogP contribution in [0, 0.1) is 12.7 Å². The zero-order chi connectivity index (χ0) is 19.7. The van der Waals surface area contributed by atoms with E-state index in [1.807, 2.05) is 6.92 Å². The van der Waals surface area contributed by atoms with Gasteiger partial charge in [-0.05, 0) is 61.7 Å². The van der Waals surface area contributed by atoms with Gasteiger partial charge in [-0.1, -0.05) is 12.5 Å². The van der Waals surface area contributed by atoms with Crippen LogP contribution in [0.15, 0.2) is 51.8 Å². The van der Waals surface area contributed by atoms with Crippen molar-refractivity contribution in [3.63, 3.8) is 0 Å². The van der Waals surface area contributed by atoms with Crippen LogP contribution in [0.5, 0.6) is 0 Å². The molecular weight excluding hydrogens is 381 g/mol. The van der Waals surface area contributed by atoms with Gasteiger partial charge in [0, 0.05) is 24.2 Å². The number of rotatable bonds is 4. The highest BCUT2D eigenvalue weighted by Gasteiger charge is 2.27. The van der Waals surface area contributed by atoms with E-state index >= 15 is 0 Å². The number of sulfonamides is 1. The Labute approximate surface area is 163 Å². The number of hydrogen-bond donors (Lipinski definition) is 0. The average molecular weight is 401 g/mol. The van der Waals surface area contributed by atoms with Gasteiger partial charge in [-0.3, -0.25) is 0 Å². The van der Waals surface area contributed by atoms with Crippen molar-refractivity contribution in [3.05, 3.63) is 53.8 Å². The molecule has 146 valence electrons. The molecule has 4 rings (SSSR count). The fourth-order valence-corrected chi connectivity index (χ4v) is 4.83. The van der Waals surface area contributed by atoms with Crippen LogP contribution in [0.2, 0.25) is 0 Å². The molecule has 0 amide bonds. The molecule has 1 aliphatic rings. The van der Waals surface area contributed by atoms with Crippen molar-refractivity contribution in [1.29, 1.82) is 0 Å². The minimum absolute atomic E-state index is 0.219. The van der Waals surface area contributed by atoms with Gasteiger partial charge in [0.05, 0.1) is 4.90 Å². The van der Waals surface area contributed by atoms with Gasteiger partial charge >= 0.3 is 0 Å².